The van der Waals surface area contributed by atoms with Gasteiger partial charge in [0.05, 0.1) is 17.9 Å². The van der Waals surface area contributed by atoms with Crippen LogP contribution in [0.1, 0.15) is 52.2 Å². The number of amides is 2. The maximum absolute atomic E-state index is 13.7. The van der Waals surface area contributed by atoms with E-state index in [-0.39, 0.29) is 19.0 Å². The number of hydrogen-bond acceptors (Lipinski definition) is 7. The summed E-state index contributed by atoms with van der Waals surface area (Å²) < 4.78 is 24.5. The number of nitrogens with one attached hydrogen (secondary N) is 2. The summed E-state index contributed by atoms with van der Waals surface area (Å²) in [6.45, 7) is 3.69. The fraction of sp³-hybridized carbons (Fsp3) is 0.259. The minimum absolute atomic E-state index is 0.0926. The van der Waals surface area contributed by atoms with Crippen LogP contribution in [0.5, 0.6) is 5.75 Å². The Morgan fingerprint density at radius 1 is 1.05 bits per heavy atom. The van der Waals surface area contributed by atoms with E-state index in [1.807, 2.05) is 0 Å². The van der Waals surface area contributed by atoms with Crippen molar-refractivity contribution in [3.63, 3.8) is 0 Å². The van der Waals surface area contributed by atoms with Crippen molar-refractivity contribution in [3.8, 4) is 5.75 Å². The van der Waals surface area contributed by atoms with Gasteiger partial charge in [0.25, 0.3) is 0 Å². The van der Waals surface area contributed by atoms with Crippen LogP contribution in [0.2, 0.25) is 0 Å². The number of carbonyl (C=O) groups is 3. The molecule has 0 aliphatic heterocycles. The average molecular weight is 524 g/mol. The van der Waals surface area contributed by atoms with Crippen LogP contribution in [0, 0.1) is 5.82 Å². The minimum Gasteiger partial charge on any atom is -0.489 e. The highest BCUT2D eigenvalue weighted by Crippen LogP contribution is 2.39. The number of anilines is 1. The lowest BCUT2D eigenvalue weighted by Crippen LogP contribution is -2.33. The third kappa shape index (κ3) is 6.21. The van der Waals surface area contributed by atoms with Crippen LogP contribution in [0.4, 0.5) is 9.39 Å². The number of hydrogen-bond donors (Lipinski definition) is 2. The van der Waals surface area contributed by atoms with Crippen LogP contribution in [-0.4, -0.2) is 30.1 Å². The van der Waals surface area contributed by atoms with E-state index in [4.69, 9.17) is 9.47 Å². The van der Waals surface area contributed by atoms with Gasteiger partial charge in [0.1, 0.15) is 23.2 Å². The van der Waals surface area contributed by atoms with E-state index in [1.54, 1.807) is 56.3 Å². The zero-order valence-corrected chi connectivity index (χ0v) is 21.2. The minimum atomic E-state index is -0.965. The molecule has 10 heteroatoms. The van der Waals surface area contributed by atoms with Crippen LogP contribution in [0.25, 0.3) is 0 Å². The van der Waals surface area contributed by atoms with Crippen molar-refractivity contribution in [2.24, 2.45) is 5.10 Å². The molecule has 2 N–H and O–H groups in total. The summed E-state index contributed by atoms with van der Waals surface area (Å²) in [5.41, 5.74) is 5.06. The Labute approximate surface area is 217 Å². The molecule has 3 aromatic rings. The maximum atomic E-state index is 13.7. The zero-order chi connectivity index (χ0) is 26.4. The largest absolute Gasteiger partial charge is 0.489 e. The van der Waals surface area contributed by atoms with Crippen LogP contribution >= 0.6 is 11.3 Å². The van der Waals surface area contributed by atoms with Crippen molar-refractivity contribution < 1.29 is 28.2 Å². The Hall–Kier alpha value is -4.05. The van der Waals surface area contributed by atoms with Gasteiger partial charge in [0.2, 0.25) is 0 Å². The SMILES string of the molecule is CCOC(=O)c1c(NC(=O)C(=O)NN=C(C)c2ccc(OCc3ccccc3F)cc2)sc2c1CCC2. The molecule has 4 rings (SSSR count). The van der Waals surface area contributed by atoms with Gasteiger partial charge >= 0.3 is 17.8 Å². The topological polar surface area (TPSA) is 106 Å². The van der Waals surface area contributed by atoms with Crippen molar-refractivity contribution in [1.82, 2.24) is 5.43 Å². The predicted octanol–water partition coefficient (Wildman–Crippen LogP) is 4.61. The van der Waals surface area contributed by atoms with E-state index in [9.17, 15) is 18.8 Å². The van der Waals surface area contributed by atoms with Crippen molar-refractivity contribution in [3.05, 3.63) is 81.5 Å². The normalized spacial score (nSPS) is 12.6. The lowest BCUT2D eigenvalue weighted by atomic mass is 10.1. The number of rotatable bonds is 8. The lowest BCUT2D eigenvalue weighted by Gasteiger charge is -2.09. The number of hydrazone groups is 1. The predicted molar refractivity (Wildman–Crippen MR) is 138 cm³/mol. The second kappa shape index (κ2) is 11.8. The van der Waals surface area contributed by atoms with Crippen LogP contribution in [0.15, 0.2) is 53.6 Å². The lowest BCUT2D eigenvalue weighted by molar-refractivity contribution is -0.136. The monoisotopic (exact) mass is 523 g/mol. The number of fused-ring (bicyclic) bond motifs is 1. The molecule has 37 heavy (non-hydrogen) atoms. The molecule has 0 atom stereocenters. The second-order valence-corrected chi connectivity index (χ2v) is 9.38. The van der Waals surface area contributed by atoms with Gasteiger partial charge < -0.3 is 14.8 Å². The molecule has 1 heterocycles. The first-order valence-electron chi connectivity index (χ1n) is 11.8. The molecule has 1 aliphatic carbocycles. The molecule has 0 saturated carbocycles. The number of nitrogens with zero attached hydrogens (tertiary/aromatic N) is 1. The Morgan fingerprint density at radius 3 is 2.54 bits per heavy atom. The molecule has 2 aromatic carbocycles. The molecule has 0 spiro atoms. The van der Waals surface area contributed by atoms with Gasteiger partial charge in [-0.05, 0) is 74.6 Å². The highest BCUT2D eigenvalue weighted by atomic mass is 32.1. The molecule has 192 valence electrons. The smallest absolute Gasteiger partial charge is 0.341 e. The standard InChI is InChI=1S/C27H26FN3O5S/c1-3-35-27(34)23-20-8-6-10-22(20)37-26(23)29-24(32)25(33)31-30-16(2)17-11-13-19(14-12-17)36-15-18-7-4-5-9-21(18)28/h4-5,7,9,11-14H,3,6,8,10,15H2,1-2H3,(H,29,32)(H,31,33). The highest BCUT2D eigenvalue weighted by Gasteiger charge is 2.29. The summed E-state index contributed by atoms with van der Waals surface area (Å²) in [5, 5.41) is 6.86. The molecule has 0 radical (unpaired) electrons. The number of carbonyl (C=O) groups excluding carboxylic acids is 3. The Bertz CT molecular complexity index is 1350. The van der Waals surface area contributed by atoms with Crippen LogP contribution in [0.3, 0.4) is 0 Å². The maximum Gasteiger partial charge on any atom is 0.341 e. The molecule has 0 fully saturated rings. The van der Waals surface area contributed by atoms with Crippen molar-refractivity contribution in [2.75, 3.05) is 11.9 Å². The van der Waals surface area contributed by atoms with E-state index in [0.717, 1.165) is 29.7 Å². The first-order chi connectivity index (χ1) is 17.9. The van der Waals surface area contributed by atoms with Crippen molar-refractivity contribution in [1.29, 1.82) is 0 Å². The summed E-state index contributed by atoms with van der Waals surface area (Å²) in [6, 6.07) is 13.3. The van der Waals surface area contributed by atoms with Crippen LogP contribution in [-0.2, 0) is 33.8 Å². The van der Waals surface area contributed by atoms with Gasteiger partial charge in [0.15, 0.2) is 0 Å². The van der Waals surface area contributed by atoms with E-state index in [0.29, 0.717) is 33.2 Å². The van der Waals surface area contributed by atoms with Gasteiger partial charge in [-0.1, -0.05) is 18.2 Å². The molecule has 1 aromatic heterocycles. The summed E-state index contributed by atoms with van der Waals surface area (Å²) in [4.78, 5) is 38.3. The van der Waals surface area contributed by atoms with Crippen molar-refractivity contribution >= 4 is 39.8 Å². The zero-order valence-electron chi connectivity index (χ0n) is 20.4. The molecule has 0 saturated heterocycles. The summed E-state index contributed by atoms with van der Waals surface area (Å²) in [6.07, 6.45) is 2.50. The fourth-order valence-electron chi connectivity index (χ4n) is 3.89. The summed E-state index contributed by atoms with van der Waals surface area (Å²) in [7, 11) is 0. The number of benzene rings is 2. The molecule has 2 amide bonds. The van der Waals surface area contributed by atoms with E-state index >= 15 is 0 Å². The fourth-order valence-corrected chi connectivity index (χ4v) is 5.16. The van der Waals surface area contributed by atoms with E-state index in [2.05, 4.69) is 15.8 Å². The van der Waals surface area contributed by atoms with Crippen molar-refractivity contribution in [2.45, 2.75) is 39.7 Å². The number of halogens is 1. The van der Waals surface area contributed by atoms with E-state index < -0.39 is 17.8 Å². The highest BCUT2D eigenvalue weighted by molar-refractivity contribution is 7.17. The number of esters is 1. The average Bonchev–Trinajstić information content (AvgIpc) is 3.48. The van der Waals surface area contributed by atoms with Gasteiger partial charge in [-0.2, -0.15) is 5.10 Å². The molecular weight excluding hydrogens is 497 g/mol. The Kier molecular flexibility index (Phi) is 8.29. The number of aryl methyl sites for hydroxylation is 1. The summed E-state index contributed by atoms with van der Waals surface area (Å²) >= 11 is 1.29. The number of thiophene rings is 1. The van der Waals surface area contributed by atoms with Gasteiger partial charge in [-0.15, -0.1) is 11.3 Å². The molecule has 1 aliphatic rings. The third-order valence-corrected chi connectivity index (χ3v) is 6.99. The van der Waals surface area contributed by atoms with Gasteiger partial charge in [-0.25, -0.2) is 14.6 Å². The molecule has 0 bridgehead atoms. The van der Waals surface area contributed by atoms with E-state index in [1.165, 1.54) is 17.4 Å². The first kappa shape index (κ1) is 26.0. The second-order valence-electron chi connectivity index (χ2n) is 8.28. The Morgan fingerprint density at radius 2 is 1.81 bits per heavy atom. The molecule has 8 nitrogen and oxygen atoms in total. The van der Waals surface area contributed by atoms with Crippen LogP contribution < -0.4 is 15.5 Å². The third-order valence-electron chi connectivity index (χ3n) is 5.78. The molecule has 0 unspecified atom stereocenters. The quantitative estimate of drug-likeness (QED) is 0.194. The van der Waals surface area contributed by atoms with Gasteiger partial charge in [-0.3, -0.25) is 9.59 Å². The Balaban J connectivity index is 1.35. The van der Waals surface area contributed by atoms with Gasteiger partial charge in [0, 0.05) is 10.4 Å². The molecular formula is C27H26FN3O5S. The first-order valence-corrected chi connectivity index (χ1v) is 12.6. The number of ether oxygens (including phenoxy) is 2. The summed E-state index contributed by atoms with van der Waals surface area (Å²) in [5.74, 6) is -2.19.